The van der Waals surface area contributed by atoms with Crippen LogP contribution in [0.2, 0.25) is 0 Å². The molecule has 2 rings (SSSR count). The number of nitrogens with two attached hydrogens (primary N) is 1. The van der Waals surface area contributed by atoms with E-state index in [-0.39, 0.29) is 11.9 Å². The molecule has 0 spiro atoms. The van der Waals surface area contributed by atoms with Crippen LogP contribution >= 0.6 is 0 Å². The Kier molecular flexibility index (Phi) is 5.39. The van der Waals surface area contributed by atoms with Crippen molar-refractivity contribution >= 4 is 12.0 Å². The van der Waals surface area contributed by atoms with Gasteiger partial charge in [0.1, 0.15) is 5.75 Å². The van der Waals surface area contributed by atoms with Gasteiger partial charge >= 0.3 is 0 Å². The first-order chi connectivity index (χ1) is 10.1. The molecule has 4 heteroatoms. The van der Waals surface area contributed by atoms with Crippen molar-refractivity contribution in [2.45, 2.75) is 25.8 Å². The number of rotatable bonds is 4. The van der Waals surface area contributed by atoms with E-state index in [0.29, 0.717) is 12.5 Å². The van der Waals surface area contributed by atoms with E-state index in [0.717, 1.165) is 30.7 Å². The van der Waals surface area contributed by atoms with E-state index >= 15 is 0 Å². The number of carbonyl (C=O) groups is 1. The number of nitrogens with zero attached hydrogens (tertiary/aromatic N) is 1. The highest BCUT2D eigenvalue weighted by Gasteiger charge is 2.27. The number of ether oxygens (including phenoxy) is 1. The van der Waals surface area contributed by atoms with Crippen molar-refractivity contribution in [1.82, 2.24) is 4.90 Å². The van der Waals surface area contributed by atoms with Crippen molar-refractivity contribution in [3.8, 4) is 5.75 Å². The molecule has 0 radical (unpaired) electrons. The molecular weight excluding hydrogens is 264 g/mol. The molecule has 1 fully saturated rings. The number of amides is 1. The third-order valence-electron chi connectivity index (χ3n) is 4.07. The Bertz CT molecular complexity index is 496. The summed E-state index contributed by atoms with van der Waals surface area (Å²) in [7, 11) is 1.64. The summed E-state index contributed by atoms with van der Waals surface area (Å²) in [5.74, 6) is 1.51. The van der Waals surface area contributed by atoms with E-state index in [9.17, 15) is 4.79 Å². The molecule has 1 aromatic rings. The van der Waals surface area contributed by atoms with Gasteiger partial charge in [0.25, 0.3) is 0 Å². The molecule has 1 aromatic carbocycles. The monoisotopic (exact) mass is 288 g/mol. The van der Waals surface area contributed by atoms with E-state index < -0.39 is 0 Å². The van der Waals surface area contributed by atoms with Gasteiger partial charge in [-0.1, -0.05) is 19.1 Å². The molecular formula is C17H24N2O2. The minimum Gasteiger partial charge on any atom is -0.497 e. The number of hydrogen-bond acceptors (Lipinski definition) is 3. The molecule has 1 aliphatic rings. The van der Waals surface area contributed by atoms with Gasteiger partial charge in [-0.05, 0) is 42.5 Å². The van der Waals surface area contributed by atoms with Crippen LogP contribution in [0, 0.1) is 5.92 Å². The van der Waals surface area contributed by atoms with Crippen molar-refractivity contribution in [1.29, 1.82) is 0 Å². The van der Waals surface area contributed by atoms with Gasteiger partial charge in [-0.25, -0.2) is 0 Å². The van der Waals surface area contributed by atoms with Crippen molar-refractivity contribution in [3.63, 3.8) is 0 Å². The summed E-state index contributed by atoms with van der Waals surface area (Å²) in [6.45, 7) is 3.55. The zero-order chi connectivity index (χ0) is 15.2. The predicted molar refractivity (Wildman–Crippen MR) is 85.0 cm³/mol. The molecule has 0 aliphatic carbocycles. The fraction of sp³-hybridized carbons (Fsp3) is 0.471. The Balaban J connectivity index is 2.00. The fourth-order valence-corrected chi connectivity index (χ4v) is 2.74. The Morgan fingerprint density at radius 2 is 2.14 bits per heavy atom. The van der Waals surface area contributed by atoms with Crippen LogP contribution in [0.5, 0.6) is 5.75 Å². The Morgan fingerprint density at radius 3 is 2.76 bits per heavy atom. The summed E-state index contributed by atoms with van der Waals surface area (Å²) >= 11 is 0. The highest BCUT2D eigenvalue weighted by Crippen LogP contribution is 2.22. The zero-order valence-corrected chi connectivity index (χ0v) is 12.8. The van der Waals surface area contributed by atoms with Gasteiger partial charge in [0.15, 0.2) is 0 Å². The maximum Gasteiger partial charge on any atom is 0.246 e. The van der Waals surface area contributed by atoms with Gasteiger partial charge in [0, 0.05) is 25.2 Å². The molecule has 0 saturated carbocycles. The van der Waals surface area contributed by atoms with Crippen LogP contribution in [-0.4, -0.2) is 37.0 Å². The lowest BCUT2D eigenvalue weighted by atomic mass is 9.92. The Labute approximate surface area is 126 Å². The summed E-state index contributed by atoms with van der Waals surface area (Å²) in [6.07, 6.45) is 5.53. The second kappa shape index (κ2) is 7.27. The second-order valence-corrected chi connectivity index (χ2v) is 5.66. The summed E-state index contributed by atoms with van der Waals surface area (Å²) in [5, 5.41) is 0. The van der Waals surface area contributed by atoms with Crippen LogP contribution in [0.15, 0.2) is 30.3 Å². The highest BCUT2D eigenvalue weighted by molar-refractivity contribution is 5.92. The maximum atomic E-state index is 12.3. The highest BCUT2D eigenvalue weighted by atomic mass is 16.5. The number of benzene rings is 1. The smallest absolute Gasteiger partial charge is 0.246 e. The quantitative estimate of drug-likeness (QED) is 0.865. The summed E-state index contributed by atoms with van der Waals surface area (Å²) in [6, 6.07) is 7.80. The van der Waals surface area contributed by atoms with Crippen molar-refractivity contribution in [3.05, 3.63) is 35.9 Å². The first kappa shape index (κ1) is 15.6. The first-order valence-electron chi connectivity index (χ1n) is 7.47. The molecule has 1 heterocycles. The van der Waals surface area contributed by atoms with Crippen LogP contribution in [0.4, 0.5) is 0 Å². The number of piperidine rings is 1. The van der Waals surface area contributed by atoms with E-state index in [4.69, 9.17) is 10.5 Å². The van der Waals surface area contributed by atoms with Crippen LogP contribution in [0.25, 0.3) is 6.08 Å². The fourth-order valence-electron chi connectivity index (χ4n) is 2.74. The summed E-state index contributed by atoms with van der Waals surface area (Å²) < 4.78 is 5.12. The Hall–Kier alpha value is -1.81. The third-order valence-corrected chi connectivity index (χ3v) is 4.07. The van der Waals surface area contributed by atoms with Gasteiger partial charge < -0.3 is 15.4 Å². The second-order valence-electron chi connectivity index (χ2n) is 5.66. The summed E-state index contributed by atoms with van der Waals surface area (Å²) in [4.78, 5) is 14.2. The van der Waals surface area contributed by atoms with Crippen molar-refractivity contribution < 1.29 is 9.53 Å². The number of likely N-dealkylation sites (tertiary alicyclic amines) is 1. The zero-order valence-electron chi connectivity index (χ0n) is 12.8. The van der Waals surface area contributed by atoms with Crippen molar-refractivity contribution in [2.75, 3.05) is 20.2 Å². The average molecular weight is 288 g/mol. The number of methoxy groups -OCH3 is 1. The van der Waals surface area contributed by atoms with E-state index in [1.165, 1.54) is 0 Å². The normalized spacial score (nSPS) is 22.5. The van der Waals surface area contributed by atoms with Gasteiger partial charge in [-0.2, -0.15) is 0 Å². The van der Waals surface area contributed by atoms with Crippen molar-refractivity contribution in [2.24, 2.45) is 11.7 Å². The molecule has 2 N–H and O–H groups in total. The molecule has 4 nitrogen and oxygen atoms in total. The van der Waals surface area contributed by atoms with E-state index in [1.807, 2.05) is 35.2 Å². The molecule has 1 saturated heterocycles. The van der Waals surface area contributed by atoms with E-state index in [2.05, 4.69) is 6.92 Å². The SMILES string of the molecule is COc1ccc(/C=C/C(=O)N2CCC(C)CC2CN)cc1. The van der Waals surface area contributed by atoms with Gasteiger partial charge in [-0.15, -0.1) is 0 Å². The molecule has 1 amide bonds. The van der Waals surface area contributed by atoms with Gasteiger partial charge in [-0.3, -0.25) is 4.79 Å². The molecule has 2 atom stereocenters. The molecule has 1 aliphatic heterocycles. The average Bonchev–Trinajstić information content (AvgIpc) is 2.52. The lowest BCUT2D eigenvalue weighted by Crippen LogP contribution is -2.48. The predicted octanol–water partition coefficient (Wildman–Crippen LogP) is 2.29. The van der Waals surface area contributed by atoms with Crippen LogP contribution in [-0.2, 0) is 4.79 Å². The molecule has 114 valence electrons. The minimum atomic E-state index is 0.0492. The summed E-state index contributed by atoms with van der Waals surface area (Å²) in [5.41, 5.74) is 6.79. The number of hydrogen-bond donors (Lipinski definition) is 1. The first-order valence-corrected chi connectivity index (χ1v) is 7.47. The van der Waals surface area contributed by atoms with Gasteiger partial charge in [0.2, 0.25) is 5.91 Å². The standard InChI is InChI=1S/C17H24N2O2/c1-13-9-10-19(15(11-13)12-18)17(20)8-5-14-3-6-16(21-2)7-4-14/h3-8,13,15H,9-12,18H2,1-2H3/b8-5+. The lowest BCUT2D eigenvalue weighted by Gasteiger charge is -2.37. The minimum absolute atomic E-state index is 0.0492. The number of carbonyl (C=O) groups excluding carboxylic acids is 1. The Morgan fingerprint density at radius 1 is 1.43 bits per heavy atom. The van der Waals surface area contributed by atoms with Crippen LogP contribution in [0.1, 0.15) is 25.3 Å². The molecule has 0 aromatic heterocycles. The van der Waals surface area contributed by atoms with E-state index in [1.54, 1.807) is 13.2 Å². The topological polar surface area (TPSA) is 55.6 Å². The van der Waals surface area contributed by atoms with Crippen LogP contribution < -0.4 is 10.5 Å². The largest absolute Gasteiger partial charge is 0.497 e. The lowest BCUT2D eigenvalue weighted by molar-refractivity contribution is -0.129. The molecule has 0 bridgehead atoms. The molecule has 21 heavy (non-hydrogen) atoms. The molecule has 2 unspecified atom stereocenters. The third kappa shape index (κ3) is 4.08. The van der Waals surface area contributed by atoms with Crippen LogP contribution in [0.3, 0.4) is 0 Å². The van der Waals surface area contributed by atoms with Gasteiger partial charge in [0.05, 0.1) is 7.11 Å². The maximum absolute atomic E-state index is 12.3.